The Labute approximate surface area is 115 Å². The van der Waals surface area contributed by atoms with Gasteiger partial charge in [0.2, 0.25) is 5.91 Å². The molecule has 0 bridgehead atoms. The van der Waals surface area contributed by atoms with Gasteiger partial charge in [0.1, 0.15) is 6.04 Å². The van der Waals surface area contributed by atoms with Gasteiger partial charge in [-0.1, -0.05) is 6.07 Å². The maximum atomic E-state index is 12.2. The number of aryl methyl sites for hydroxylation is 2. The molecule has 1 amide bonds. The molecular formula is C15H23N3O. The highest BCUT2D eigenvalue weighted by Crippen LogP contribution is 2.22. The van der Waals surface area contributed by atoms with Gasteiger partial charge in [-0.3, -0.25) is 4.79 Å². The predicted octanol–water partition coefficient (Wildman–Crippen LogP) is 1.35. The first kappa shape index (κ1) is 13.9. The number of hydrogen-bond donors (Lipinski definition) is 2. The van der Waals surface area contributed by atoms with Crippen molar-refractivity contribution in [2.75, 3.05) is 18.0 Å². The van der Waals surface area contributed by atoms with Crippen molar-refractivity contribution in [3.05, 3.63) is 29.3 Å². The highest BCUT2D eigenvalue weighted by molar-refractivity contribution is 5.86. The van der Waals surface area contributed by atoms with Crippen molar-refractivity contribution in [3.63, 3.8) is 0 Å². The smallest absolute Gasteiger partial charge is 0.244 e. The van der Waals surface area contributed by atoms with E-state index >= 15 is 0 Å². The summed E-state index contributed by atoms with van der Waals surface area (Å²) in [5, 5.41) is 3.01. The molecule has 1 saturated heterocycles. The Hall–Kier alpha value is -1.55. The maximum Gasteiger partial charge on any atom is 0.244 e. The molecule has 3 N–H and O–H groups in total. The van der Waals surface area contributed by atoms with Gasteiger partial charge in [-0.2, -0.15) is 0 Å². The second kappa shape index (κ2) is 5.61. The molecule has 0 spiro atoms. The third-order valence-corrected chi connectivity index (χ3v) is 3.92. The molecule has 0 aromatic heterocycles. The molecule has 0 saturated carbocycles. The summed E-state index contributed by atoms with van der Waals surface area (Å²) in [4.78, 5) is 14.3. The Balaban J connectivity index is 2.33. The lowest BCUT2D eigenvalue weighted by Gasteiger charge is -2.30. The number of nitrogens with one attached hydrogen (secondary N) is 1. The number of carbonyl (C=O) groups is 1. The number of nitrogens with two attached hydrogens (primary N) is 1. The molecule has 0 radical (unpaired) electrons. The highest BCUT2D eigenvalue weighted by Gasteiger charge is 2.29. The fourth-order valence-corrected chi connectivity index (χ4v) is 2.49. The molecule has 2 atom stereocenters. The summed E-state index contributed by atoms with van der Waals surface area (Å²) < 4.78 is 0. The molecular weight excluding hydrogens is 238 g/mol. The van der Waals surface area contributed by atoms with Gasteiger partial charge in [0.25, 0.3) is 0 Å². The van der Waals surface area contributed by atoms with E-state index < -0.39 is 0 Å². The topological polar surface area (TPSA) is 58.4 Å². The van der Waals surface area contributed by atoms with Gasteiger partial charge in [-0.05, 0) is 50.5 Å². The molecule has 1 aromatic carbocycles. The van der Waals surface area contributed by atoms with Gasteiger partial charge in [0.15, 0.2) is 0 Å². The molecule has 0 aliphatic carbocycles. The maximum absolute atomic E-state index is 12.2. The molecule has 19 heavy (non-hydrogen) atoms. The van der Waals surface area contributed by atoms with E-state index in [4.69, 9.17) is 5.73 Å². The van der Waals surface area contributed by atoms with Gasteiger partial charge in [-0.25, -0.2) is 0 Å². The lowest BCUT2D eigenvalue weighted by Crippen LogP contribution is -2.49. The van der Waals surface area contributed by atoms with E-state index in [0.29, 0.717) is 6.54 Å². The summed E-state index contributed by atoms with van der Waals surface area (Å²) in [5.74, 6) is 0.0331. The van der Waals surface area contributed by atoms with Crippen LogP contribution in [-0.2, 0) is 4.79 Å². The summed E-state index contributed by atoms with van der Waals surface area (Å²) >= 11 is 0. The average molecular weight is 261 g/mol. The molecule has 2 rings (SSSR count). The van der Waals surface area contributed by atoms with Crippen LogP contribution in [0.4, 0.5) is 5.69 Å². The molecule has 1 aromatic rings. The van der Waals surface area contributed by atoms with E-state index in [2.05, 4.69) is 42.3 Å². The van der Waals surface area contributed by atoms with E-state index in [-0.39, 0.29) is 18.0 Å². The summed E-state index contributed by atoms with van der Waals surface area (Å²) in [6, 6.07) is 6.25. The normalized spacial score (nSPS) is 24.0. The SMILES string of the molecule is Cc1ccc(N2CCC(C)NC(=O)C2CN)cc1C. The zero-order valence-corrected chi connectivity index (χ0v) is 11.9. The summed E-state index contributed by atoms with van der Waals surface area (Å²) in [7, 11) is 0. The fraction of sp³-hybridized carbons (Fsp3) is 0.533. The summed E-state index contributed by atoms with van der Waals surface area (Å²) in [6.45, 7) is 7.42. The van der Waals surface area contributed by atoms with Crippen LogP contribution < -0.4 is 16.0 Å². The molecule has 4 heteroatoms. The Morgan fingerprint density at radius 1 is 1.37 bits per heavy atom. The lowest BCUT2D eigenvalue weighted by molar-refractivity contribution is -0.122. The monoisotopic (exact) mass is 261 g/mol. The van der Waals surface area contributed by atoms with Gasteiger partial charge >= 0.3 is 0 Å². The van der Waals surface area contributed by atoms with Crippen molar-refractivity contribution in [2.24, 2.45) is 5.73 Å². The van der Waals surface area contributed by atoms with E-state index in [1.807, 2.05) is 6.92 Å². The number of benzene rings is 1. The summed E-state index contributed by atoms with van der Waals surface area (Å²) in [5.41, 5.74) is 9.39. The van der Waals surface area contributed by atoms with Crippen molar-refractivity contribution in [2.45, 2.75) is 39.3 Å². The van der Waals surface area contributed by atoms with Crippen LogP contribution in [0.2, 0.25) is 0 Å². The third-order valence-electron chi connectivity index (χ3n) is 3.92. The van der Waals surface area contributed by atoms with Crippen molar-refractivity contribution in [1.29, 1.82) is 0 Å². The Morgan fingerprint density at radius 3 is 2.74 bits per heavy atom. The number of amides is 1. The predicted molar refractivity (Wildman–Crippen MR) is 78.3 cm³/mol. The largest absolute Gasteiger partial charge is 0.358 e. The van der Waals surface area contributed by atoms with Gasteiger partial charge in [-0.15, -0.1) is 0 Å². The summed E-state index contributed by atoms with van der Waals surface area (Å²) in [6.07, 6.45) is 0.940. The van der Waals surface area contributed by atoms with Crippen LogP contribution in [0, 0.1) is 13.8 Å². The van der Waals surface area contributed by atoms with Crippen molar-refractivity contribution in [3.8, 4) is 0 Å². The van der Waals surface area contributed by atoms with E-state index in [9.17, 15) is 4.79 Å². The van der Waals surface area contributed by atoms with Crippen LogP contribution in [0.5, 0.6) is 0 Å². The third kappa shape index (κ3) is 2.89. The van der Waals surface area contributed by atoms with E-state index in [1.165, 1.54) is 11.1 Å². The van der Waals surface area contributed by atoms with Crippen LogP contribution in [-0.4, -0.2) is 31.1 Å². The average Bonchev–Trinajstić information content (AvgIpc) is 2.51. The van der Waals surface area contributed by atoms with Crippen LogP contribution >= 0.6 is 0 Å². The molecule has 1 aliphatic rings. The van der Waals surface area contributed by atoms with Gasteiger partial charge in [0.05, 0.1) is 0 Å². The molecule has 4 nitrogen and oxygen atoms in total. The van der Waals surface area contributed by atoms with Crippen molar-refractivity contribution in [1.82, 2.24) is 5.32 Å². The van der Waals surface area contributed by atoms with E-state index in [1.54, 1.807) is 0 Å². The van der Waals surface area contributed by atoms with Crippen molar-refractivity contribution >= 4 is 11.6 Å². The highest BCUT2D eigenvalue weighted by atomic mass is 16.2. The Kier molecular flexibility index (Phi) is 4.10. The molecule has 1 heterocycles. The first-order chi connectivity index (χ1) is 9.02. The second-order valence-corrected chi connectivity index (χ2v) is 5.41. The van der Waals surface area contributed by atoms with Gasteiger partial charge < -0.3 is 16.0 Å². The first-order valence-electron chi connectivity index (χ1n) is 6.87. The number of rotatable bonds is 2. The first-order valence-corrected chi connectivity index (χ1v) is 6.87. The second-order valence-electron chi connectivity index (χ2n) is 5.41. The minimum atomic E-state index is -0.271. The molecule has 104 valence electrons. The standard InChI is InChI=1S/C15H23N3O/c1-10-4-5-13(8-11(10)2)18-7-6-12(3)17-15(19)14(18)9-16/h4-5,8,12,14H,6-7,9,16H2,1-3H3,(H,17,19). The Bertz CT molecular complexity index is 472. The van der Waals surface area contributed by atoms with E-state index in [0.717, 1.165) is 18.7 Å². The molecule has 1 aliphatic heterocycles. The number of anilines is 1. The lowest BCUT2D eigenvalue weighted by atomic mass is 10.1. The molecule has 2 unspecified atom stereocenters. The number of hydrogen-bond acceptors (Lipinski definition) is 3. The fourth-order valence-electron chi connectivity index (χ4n) is 2.49. The Morgan fingerprint density at radius 2 is 2.11 bits per heavy atom. The zero-order valence-electron chi connectivity index (χ0n) is 11.9. The minimum absolute atomic E-state index is 0.0331. The quantitative estimate of drug-likeness (QED) is 0.845. The number of carbonyl (C=O) groups excluding carboxylic acids is 1. The molecule has 1 fully saturated rings. The van der Waals surface area contributed by atoms with Crippen LogP contribution in [0.1, 0.15) is 24.5 Å². The number of nitrogens with zero attached hydrogens (tertiary/aromatic N) is 1. The zero-order chi connectivity index (χ0) is 14.0. The minimum Gasteiger partial charge on any atom is -0.358 e. The van der Waals surface area contributed by atoms with Crippen LogP contribution in [0.3, 0.4) is 0 Å². The van der Waals surface area contributed by atoms with Crippen molar-refractivity contribution < 1.29 is 4.79 Å². The van der Waals surface area contributed by atoms with Crippen LogP contribution in [0.15, 0.2) is 18.2 Å². The van der Waals surface area contributed by atoms with Gasteiger partial charge in [0, 0.05) is 24.8 Å². The van der Waals surface area contributed by atoms with Crippen LogP contribution in [0.25, 0.3) is 0 Å².